The second-order valence-corrected chi connectivity index (χ2v) is 9.58. The number of anilines is 1. The molecule has 11 heteroatoms. The van der Waals surface area contributed by atoms with Crippen molar-refractivity contribution in [1.82, 2.24) is 24.8 Å². The van der Waals surface area contributed by atoms with Crippen molar-refractivity contribution in [2.45, 2.75) is 88.9 Å². The number of amides is 1. The molecule has 0 radical (unpaired) electrons. The molecule has 2 saturated carbocycles. The Morgan fingerprint density at radius 1 is 1.34 bits per heavy atom. The molecule has 35 heavy (non-hydrogen) atoms. The van der Waals surface area contributed by atoms with Crippen LogP contribution >= 0.6 is 0 Å². The number of aliphatic hydroxyl groups is 3. The molecule has 2 unspecified atom stereocenters. The lowest BCUT2D eigenvalue weighted by atomic mass is 9.77. The number of ether oxygens (including phenoxy) is 1. The van der Waals surface area contributed by atoms with Crippen LogP contribution in [0.15, 0.2) is 6.33 Å². The lowest BCUT2D eigenvalue weighted by molar-refractivity contribution is -0.147. The van der Waals surface area contributed by atoms with Gasteiger partial charge in [-0.25, -0.2) is 15.0 Å². The number of aromatic nitrogens is 4. The smallest absolute Gasteiger partial charge is 0.252 e. The fourth-order valence-corrected chi connectivity index (χ4v) is 4.39. The number of nitrogen functional groups attached to an aromatic ring is 1. The van der Waals surface area contributed by atoms with E-state index in [1.54, 1.807) is 0 Å². The van der Waals surface area contributed by atoms with Crippen LogP contribution in [0.1, 0.15) is 64.1 Å². The van der Waals surface area contributed by atoms with Gasteiger partial charge < -0.3 is 31.1 Å². The molecule has 0 bridgehead atoms. The van der Waals surface area contributed by atoms with Crippen molar-refractivity contribution in [3.05, 3.63) is 12.2 Å². The summed E-state index contributed by atoms with van der Waals surface area (Å²) in [7, 11) is 0. The summed E-state index contributed by atoms with van der Waals surface area (Å²) in [5.41, 5.74) is 5.69. The summed E-state index contributed by atoms with van der Waals surface area (Å²) in [5, 5.41) is 33.0. The molecule has 2 heterocycles. The predicted molar refractivity (Wildman–Crippen MR) is 128 cm³/mol. The zero-order chi connectivity index (χ0) is 25.0. The molecule has 2 aliphatic carbocycles. The zero-order valence-corrected chi connectivity index (χ0v) is 20.0. The van der Waals surface area contributed by atoms with Crippen LogP contribution in [0.25, 0.3) is 11.2 Å². The van der Waals surface area contributed by atoms with Crippen molar-refractivity contribution in [3.8, 4) is 11.8 Å². The fourth-order valence-electron chi connectivity index (χ4n) is 4.39. The normalized spacial score (nSPS) is 23.9. The van der Waals surface area contributed by atoms with Gasteiger partial charge in [0.25, 0.3) is 5.91 Å². The Morgan fingerprint density at radius 2 is 2.09 bits per heavy atom. The third kappa shape index (κ3) is 6.27. The number of hydrogen-bond donors (Lipinski definition) is 5. The lowest BCUT2D eigenvalue weighted by Crippen LogP contribution is -2.46. The third-order valence-corrected chi connectivity index (χ3v) is 6.64. The van der Waals surface area contributed by atoms with Gasteiger partial charge in [-0.15, -0.1) is 0 Å². The molecule has 0 aliphatic heterocycles. The van der Waals surface area contributed by atoms with Crippen LogP contribution in [0.4, 0.5) is 5.82 Å². The Hall–Kier alpha value is -2.78. The minimum atomic E-state index is -1.38. The van der Waals surface area contributed by atoms with Crippen LogP contribution in [0.2, 0.25) is 0 Å². The van der Waals surface area contributed by atoms with Crippen LogP contribution in [0, 0.1) is 17.8 Å². The van der Waals surface area contributed by atoms with Crippen molar-refractivity contribution < 1.29 is 24.9 Å². The van der Waals surface area contributed by atoms with Gasteiger partial charge in [0.1, 0.15) is 24.0 Å². The first kappa shape index (κ1) is 25.3. The number of nitrogens with zero attached hydrogens (tertiary/aromatic N) is 4. The van der Waals surface area contributed by atoms with Crippen molar-refractivity contribution >= 4 is 22.9 Å². The van der Waals surface area contributed by atoms with E-state index in [-0.39, 0.29) is 24.4 Å². The molecule has 190 valence electrons. The van der Waals surface area contributed by atoms with E-state index in [0.717, 1.165) is 32.1 Å². The molecular formula is C24H34N6O5. The summed E-state index contributed by atoms with van der Waals surface area (Å²) in [6.07, 6.45) is 6.01. The van der Waals surface area contributed by atoms with Crippen molar-refractivity contribution in [3.63, 3.8) is 0 Å². The number of carbonyl (C=O) groups excluding carboxylic acids is 1. The largest absolute Gasteiger partial charge is 0.394 e. The van der Waals surface area contributed by atoms with Gasteiger partial charge in [0.2, 0.25) is 5.82 Å². The zero-order valence-electron chi connectivity index (χ0n) is 20.0. The van der Waals surface area contributed by atoms with Gasteiger partial charge in [-0.2, -0.15) is 0 Å². The SMILES string of the molecule is CCCC1CCC(O)(C#Cc2nc(N)c3ncn(COC(C(=O)NC4CC4)C(O)CO)c3n2)CC1. The van der Waals surface area contributed by atoms with Gasteiger partial charge in [-0.05, 0) is 50.4 Å². The summed E-state index contributed by atoms with van der Waals surface area (Å²) < 4.78 is 7.16. The minimum Gasteiger partial charge on any atom is -0.394 e. The van der Waals surface area contributed by atoms with E-state index in [0.29, 0.717) is 29.9 Å². The van der Waals surface area contributed by atoms with Crippen molar-refractivity contribution in [2.75, 3.05) is 12.3 Å². The quantitative estimate of drug-likeness (QED) is 0.316. The van der Waals surface area contributed by atoms with E-state index >= 15 is 0 Å². The maximum absolute atomic E-state index is 12.4. The maximum atomic E-state index is 12.4. The number of rotatable bonds is 9. The second kappa shape index (κ2) is 10.9. The van der Waals surface area contributed by atoms with Gasteiger partial charge in [0.05, 0.1) is 12.9 Å². The molecule has 2 fully saturated rings. The predicted octanol–water partition coefficient (Wildman–Crippen LogP) is 0.456. The number of hydrogen-bond acceptors (Lipinski definition) is 9. The summed E-state index contributed by atoms with van der Waals surface area (Å²) in [5.74, 6) is 6.25. The van der Waals surface area contributed by atoms with Crippen LogP contribution < -0.4 is 11.1 Å². The molecular weight excluding hydrogens is 452 g/mol. The molecule has 0 spiro atoms. The van der Waals surface area contributed by atoms with Crippen LogP contribution in [0.5, 0.6) is 0 Å². The second-order valence-electron chi connectivity index (χ2n) is 9.58. The summed E-state index contributed by atoms with van der Waals surface area (Å²) in [6.45, 7) is 1.39. The number of fused-ring (bicyclic) bond motifs is 1. The van der Waals surface area contributed by atoms with Crippen LogP contribution in [-0.4, -0.2) is 71.2 Å². The Bertz CT molecular complexity index is 1100. The highest BCUT2D eigenvalue weighted by molar-refractivity contribution is 5.82. The lowest BCUT2D eigenvalue weighted by Gasteiger charge is -2.32. The fraction of sp³-hybridized carbons (Fsp3) is 0.667. The molecule has 2 aliphatic rings. The van der Waals surface area contributed by atoms with E-state index < -0.39 is 30.3 Å². The molecule has 2 aromatic heterocycles. The van der Waals surface area contributed by atoms with E-state index in [4.69, 9.17) is 10.5 Å². The molecule has 0 aromatic carbocycles. The molecule has 2 atom stereocenters. The summed E-state index contributed by atoms with van der Waals surface area (Å²) >= 11 is 0. The Kier molecular flexibility index (Phi) is 7.86. The summed E-state index contributed by atoms with van der Waals surface area (Å²) in [4.78, 5) is 25.3. The van der Waals surface area contributed by atoms with Gasteiger partial charge in [-0.3, -0.25) is 9.36 Å². The monoisotopic (exact) mass is 486 g/mol. The van der Waals surface area contributed by atoms with Crippen LogP contribution in [-0.2, 0) is 16.3 Å². The highest BCUT2D eigenvalue weighted by atomic mass is 16.5. The van der Waals surface area contributed by atoms with Gasteiger partial charge in [0.15, 0.2) is 17.6 Å². The highest BCUT2D eigenvalue weighted by Crippen LogP contribution is 2.34. The molecule has 2 aromatic rings. The highest BCUT2D eigenvalue weighted by Gasteiger charge is 2.33. The number of imidazole rings is 1. The van der Waals surface area contributed by atoms with Gasteiger partial charge >= 0.3 is 0 Å². The molecule has 11 nitrogen and oxygen atoms in total. The standard InChI is InChI=1S/C24H34N6O5/c1-2-3-15-6-9-24(34,10-7-15)11-8-18-28-21(25)19-22(29-18)30(13-26-19)14-35-20(17(32)12-31)23(33)27-16-4-5-16/h13,15-17,20,31-32,34H,2-7,9-10,12,14H2,1H3,(H,27,33)(H2,25,28,29). The van der Waals surface area contributed by atoms with Crippen molar-refractivity contribution in [2.24, 2.45) is 5.92 Å². The molecule has 1 amide bonds. The maximum Gasteiger partial charge on any atom is 0.252 e. The van der Waals surface area contributed by atoms with Crippen LogP contribution in [0.3, 0.4) is 0 Å². The average Bonchev–Trinajstić information content (AvgIpc) is 3.56. The Labute approximate surface area is 204 Å². The minimum absolute atomic E-state index is 0.0822. The number of nitrogens with one attached hydrogen (secondary N) is 1. The number of aliphatic hydroxyl groups excluding tert-OH is 2. The van der Waals surface area contributed by atoms with Crippen molar-refractivity contribution in [1.29, 1.82) is 0 Å². The molecule has 4 rings (SSSR count). The third-order valence-electron chi connectivity index (χ3n) is 6.64. The molecule has 6 N–H and O–H groups in total. The Balaban J connectivity index is 1.49. The average molecular weight is 487 g/mol. The first-order valence-corrected chi connectivity index (χ1v) is 12.3. The molecule has 0 saturated heterocycles. The van der Waals surface area contributed by atoms with E-state index in [1.807, 2.05) is 0 Å². The first-order chi connectivity index (χ1) is 16.8. The van der Waals surface area contributed by atoms with E-state index in [1.165, 1.54) is 17.3 Å². The van der Waals surface area contributed by atoms with E-state index in [9.17, 15) is 20.1 Å². The number of carbonyl (C=O) groups is 1. The Morgan fingerprint density at radius 3 is 2.74 bits per heavy atom. The van der Waals surface area contributed by atoms with Gasteiger partial charge in [-0.1, -0.05) is 25.7 Å². The van der Waals surface area contributed by atoms with Gasteiger partial charge in [0, 0.05) is 6.04 Å². The topological polar surface area (TPSA) is 169 Å². The first-order valence-electron chi connectivity index (χ1n) is 12.3. The summed E-state index contributed by atoms with van der Waals surface area (Å²) in [6, 6.07) is 0.0822. The van der Waals surface area contributed by atoms with E-state index in [2.05, 4.69) is 39.0 Å². The number of nitrogens with two attached hydrogens (primary N) is 1.